The Hall–Kier alpha value is -4.07. The van der Waals surface area contributed by atoms with E-state index >= 15 is 0 Å². The number of carbonyl (C=O) groups is 1. The Morgan fingerprint density at radius 1 is 1.02 bits per heavy atom. The molecule has 0 atom stereocenters. The minimum Gasteiger partial charge on any atom is -0.464 e. The molecule has 2 aliphatic rings. The molecular weight excluding hydrogens is 568 g/mol. The van der Waals surface area contributed by atoms with Crippen molar-refractivity contribution < 1.29 is 14.3 Å². The lowest BCUT2D eigenvalue weighted by atomic mass is 9.93. The van der Waals surface area contributed by atoms with Gasteiger partial charge in [-0.2, -0.15) is 5.26 Å². The number of carboxylic acid groups (broad SMARTS) is 1. The molecule has 2 fully saturated rings. The molecule has 3 heterocycles. The van der Waals surface area contributed by atoms with Gasteiger partial charge in [0.1, 0.15) is 11.6 Å². The molecule has 0 spiro atoms. The summed E-state index contributed by atoms with van der Waals surface area (Å²) >= 11 is 0. The Labute approximate surface area is 259 Å². The molecule has 1 amide bonds. The van der Waals surface area contributed by atoms with Gasteiger partial charge in [-0.05, 0) is 105 Å². The summed E-state index contributed by atoms with van der Waals surface area (Å²) in [4.78, 5) is 27.3. The standard InChI is InChI=1S/C34H40N6O3Si/c1-34(2,3)44(4,5)43-27-11-9-26(10-12-27)39-21-37-29-17-24(8-13-30(29)39)28-18-25(23-6-7-23)19-32(38-28)40(33(41)42)31-16-22(20-35)14-15-36-31/h8,13-19,21,23,26-27H,6-7,9-12H2,1-5H3,(H,41,42)/t26-,27-. The van der Waals surface area contributed by atoms with Crippen LogP contribution < -0.4 is 4.90 Å². The van der Waals surface area contributed by atoms with Crippen LogP contribution in [0.2, 0.25) is 18.1 Å². The van der Waals surface area contributed by atoms with Gasteiger partial charge in [-0.25, -0.2) is 24.6 Å². The second kappa shape index (κ2) is 11.5. The molecule has 2 saturated carbocycles. The fraction of sp³-hybridized carbons (Fsp3) is 0.441. The SMILES string of the molecule is CC(C)(C)[Si](C)(C)O[C@H]1CC[C@H](n2cnc3cc(-c4cc(C5CC5)cc(N(C(=O)O)c5cc(C#N)ccn5)n4)ccc32)CC1. The molecule has 0 bridgehead atoms. The van der Waals surface area contributed by atoms with Gasteiger partial charge in [0.15, 0.2) is 8.32 Å². The molecule has 0 radical (unpaired) electrons. The lowest BCUT2D eigenvalue weighted by Crippen LogP contribution is -2.44. The first-order chi connectivity index (χ1) is 20.9. The average molecular weight is 609 g/mol. The van der Waals surface area contributed by atoms with Gasteiger partial charge in [-0.15, -0.1) is 0 Å². The highest BCUT2D eigenvalue weighted by Crippen LogP contribution is 2.43. The van der Waals surface area contributed by atoms with Crippen molar-refractivity contribution in [3.8, 4) is 17.3 Å². The van der Waals surface area contributed by atoms with Gasteiger partial charge in [0.2, 0.25) is 0 Å². The largest absolute Gasteiger partial charge is 0.464 e. The van der Waals surface area contributed by atoms with E-state index < -0.39 is 14.4 Å². The molecule has 6 rings (SSSR count). The molecule has 0 unspecified atom stereocenters. The van der Waals surface area contributed by atoms with E-state index in [2.05, 4.69) is 67.7 Å². The highest BCUT2D eigenvalue weighted by atomic mass is 28.4. The first-order valence-electron chi connectivity index (χ1n) is 15.5. The Morgan fingerprint density at radius 3 is 2.43 bits per heavy atom. The third kappa shape index (κ3) is 5.99. The van der Waals surface area contributed by atoms with Crippen LogP contribution in [0.3, 0.4) is 0 Å². The van der Waals surface area contributed by atoms with Crippen LogP contribution in [0.5, 0.6) is 0 Å². The molecule has 228 valence electrons. The van der Waals surface area contributed by atoms with E-state index in [4.69, 9.17) is 14.4 Å². The highest BCUT2D eigenvalue weighted by molar-refractivity contribution is 6.74. The summed E-state index contributed by atoms with van der Waals surface area (Å²) in [5.41, 5.74) is 4.92. The van der Waals surface area contributed by atoms with Crippen molar-refractivity contribution in [3.05, 3.63) is 66.1 Å². The molecule has 4 aromatic rings. The minimum absolute atomic E-state index is 0.140. The lowest BCUT2D eigenvalue weighted by Gasteiger charge is -2.41. The van der Waals surface area contributed by atoms with Crippen molar-refractivity contribution in [2.45, 2.75) is 95.5 Å². The number of amides is 1. The van der Waals surface area contributed by atoms with Crippen molar-refractivity contribution in [3.63, 3.8) is 0 Å². The number of imidazole rings is 1. The van der Waals surface area contributed by atoms with Crippen molar-refractivity contribution in [2.75, 3.05) is 4.90 Å². The zero-order chi connectivity index (χ0) is 31.2. The van der Waals surface area contributed by atoms with Gasteiger partial charge >= 0.3 is 6.09 Å². The maximum Gasteiger partial charge on any atom is 0.418 e. The van der Waals surface area contributed by atoms with E-state index in [9.17, 15) is 15.2 Å². The molecule has 2 aliphatic carbocycles. The number of pyridine rings is 2. The number of nitrogens with zero attached hydrogens (tertiary/aromatic N) is 6. The van der Waals surface area contributed by atoms with Crippen LogP contribution in [-0.2, 0) is 4.43 Å². The number of hydrogen-bond donors (Lipinski definition) is 1. The second-order valence-corrected chi connectivity index (χ2v) is 18.5. The van der Waals surface area contributed by atoms with E-state index in [0.717, 1.165) is 65.6 Å². The fourth-order valence-corrected chi connectivity index (χ4v) is 7.31. The van der Waals surface area contributed by atoms with Crippen LogP contribution in [0, 0.1) is 11.3 Å². The molecular formula is C34H40N6O3Si. The zero-order valence-corrected chi connectivity index (χ0v) is 27.1. The number of nitriles is 1. The number of fused-ring (bicyclic) bond motifs is 1. The van der Waals surface area contributed by atoms with E-state index in [1.54, 1.807) is 6.07 Å². The molecule has 9 nitrogen and oxygen atoms in total. The highest BCUT2D eigenvalue weighted by Gasteiger charge is 2.40. The number of benzene rings is 1. The summed E-state index contributed by atoms with van der Waals surface area (Å²) in [6.07, 6.45) is 8.87. The molecule has 3 aromatic heterocycles. The summed E-state index contributed by atoms with van der Waals surface area (Å²) in [5, 5.41) is 19.7. The number of anilines is 2. The quantitative estimate of drug-likeness (QED) is 0.209. The Bertz CT molecular complexity index is 1740. The van der Waals surface area contributed by atoms with E-state index in [-0.39, 0.29) is 16.7 Å². The van der Waals surface area contributed by atoms with Crippen molar-refractivity contribution in [2.24, 2.45) is 0 Å². The smallest absolute Gasteiger partial charge is 0.418 e. The fourth-order valence-electron chi connectivity index (χ4n) is 5.89. The zero-order valence-electron chi connectivity index (χ0n) is 26.1. The lowest BCUT2D eigenvalue weighted by molar-refractivity contribution is 0.119. The average Bonchev–Trinajstić information content (AvgIpc) is 3.76. The maximum absolute atomic E-state index is 12.4. The van der Waals surface area contributed by atoms with Gasteiger partial charge in [-0.3, -0.25) is 0 Å². The molecule has 44 heavy (non-hydrogen) atoms. The number of rotatable bonds is 7. The Morgan fingerprint density at radius 2 is 1.77 bits per heavy atom. The topological polar surface area (TPSA) is 117 Å². The van der Waals surface area contributed by atoms with E-state index in [0.29, 0.717) is 29.3 Å². The third-order valence-electron chi connectivity index (χ3n) is 9.58. The van der Waals surface area contributed by atoms with Crippen LogP contribution in [0.1, 0.15) is 82.4 Å². The first kappa shape index (κ1) is 30.0. The molecule has 1 aromatic carbocycles. The monoisotopic (exact) mass is 608 g/mol. The second-order valence-electron chi connectivity index (χ2n) is 13.7. The van der Waals surface area contributed by atoms with Gasteiger partial charge in [0.25, 0.3) is 0 Å². The van der Waals surface area contributed by atoms with Gasteiger partial charge in [0.05, 0.1) is 34.7 Å². The van der Waals surface area contributed by atoms with Crippen LogP contribution in [0.25, 0.3) is 22.3 Å². The Kier molecular flexibility index (Phi) is 7.80. The van der Waals surface area contributed by atoms with Crippen LogP contribution >= 0.6 is 0 Å². The van der Waals surface area contributed by atoms with E-state index in [1.807, 2.05) is 18.5 Å². The third-order valence-corrected chi connectivity index (χ3v) is 14.1. The van der Waals surface area contributed by atoms with Crippen LogP contribution in [0.4, 0.5) is 16.4 Å². The van der Waals surface area contributed by atoms with Crippen molar-refractivity contribution >= 4 is 37.1 Å². The number of hydrogen-bond acceptors (Lipinski definition) is 6. The summed E-state index contributed by atoms with van der Waals surface area (Å²) in [6, 6.07) is 15.5. The minimum atomic E-state index is -1.79. The predicted octanol–water partition coefficient (Wildman–Crippen LogP) is 8.56. The molecule has 0 aliphatic heterocycles. The summed E-state index contributed by atoms with van der Waals surface area (Å²) in [5.74, 6) is 0.784. The van der Waals surface area contributed by atoms with Crippen molar-refractivity contribution in [1.29, 1.82) is 5.26 Å². The first-order valence-corrected chi connectivity index (χ1v) is 18.4. The molecule has 10 heteroatoms. The summed E-state index contributed by atoms with van der Waals surface area (Å²) < 4.78 is 9.03. The van der Waals surface area contributed by atoms with Gasteiger partial charge in [-0.1, -0.05) is 26.8 Å². The molecule has 0 saturated heterocycles. The normalized spacial score (nSPS) is 19.1. The summed E-state index contributed by atoms with van der Waals surface area (Å²) in [6.45, 7) is 11.6. The van der Waals surface area contributed by atoms with E-state index in [1.165, 1.54) is 12.3 Å². The van der Waals surface area contributed by atoms with Gasteiger partial charge < -0.3 is 14.1 Å². The van der Waals surface area contributed by atoms with Crippen LogP contribution in [0.15, 0.2) is 55.0 Å². The molecule has 1 N–H and O–H groups in total. The predicted molar refractivity (Wildman–Crippen MR) is 174 cm³/mol. The summed E-state index contributed by atoms with van der Waals surface area (Å²) in [7, 11) is -1.79. The Balaban J connectivity index is 1.27. The number of aromatic nitrogens is 4. The van der Waals surface area contributed by atoms with Crippen LogP contribution in [-0.4, -0.2) is 45.1 Å². The maximum atomic E-state index is 12.4. The van der Waals surface area contributed by atoms with Gasteiger partial charge in [0, 0.05) is 23.9 Å². The van der Waals surface area contributed by atoms with Crippen molar-refractivity contribution in [1.82, 2.24) is 19.5 Å².